The third-order valence-electron chi connectivity index (χ3n) is 9.24. The number of rotatable bonds is 10. The van der Waals surface area contributed by atoms with E-state index in [-0.39, 0.29) is 35.9 Å². The molecule has 2 fully saturated rings. The first-order valence-electron chi connectivity index (χ1n) is 16.6. The molecule has 1 aliphatic heterocycles. The molecule has 0 spiro atoms. The van der Waals surface area contributed by atoms with Gasteiger partial charge in [-0.25, -0.2) is 4.99 Å². The summed E-state index contributed by atoms with van der Waals surface area (Å²) in [6.07, 6.45) is 6.82. The zero-order chi connectivity index (χ0) is 33.3. The minimum atomic E-state index is -0.717. The average Bonchev–Trinajstić information content (AvgIpc) is 3.54. The first kappa shape index (κ1) is 33.7. The molecule has 11 nitrogen and oxygen atoms in total. The van der Waals surface area contributed by atoms with Crippen molar-refractivity contribution < 1.29 is 19.2 Å². The third-order valence-corrected chi connectivity index (χ3v) is 9.24. The minimum absolute atomic E-state index is 0.0702. The van der Waals surface area contributed by atoms with Gasteiger partial charge in [0, 0.05) is 57.3 Å². The maximum atomic E-state index is 13.9. The van der Waals surface area contributed by atoms with E-state index in [0.717, 1.165) is 49.8 Å². The monoisotopic (exact) mass is 639 g/mol. The number of hydrogen-bond acceptors (Lipinski definition) is 6. The van der Waals surface area contributed by atoms with Crippen molar-refractivity contribution in [3.63, 3.8) is 0 Å². The molecule has 1 unspecified atom stereocenters. The minimum Gasteiger partial charge on any atom is -0.344 e. The quantitative estimate of drug-likeness (QED) is 0.321. The molecule has 47 heavy (non-hydrogen) atoms. The number of nitrogens with zero attached hydrogens (tertiary/aromatic N) is 5. The lowest BCUT2D eigenvalue weighted by Crippen LogP contribution is -2.55. The van der Waals surface area contributed by atoms with Crippen LogP contribution in [0.15, 0.2) is 71.9 Å². The Morgan fingerprint density at radius 2 is 1.66 bits per heavy atom. The van der Waals surface area contributed by atoms with E-state index in [1.165, 1.54) is 10.9 Å². The zero-order valence-electron chi connectivity index (χ0n) is 27.5. The molecular weight excluding hydrogens is 594 g/mol. The highest BCUT2D eigenvalue weighted by molar-refractivity contribution is 6.45. The van der Waals surface area contributed by atoms with Crippen molar-refractivity contribution in [2.45, 2.75) is 64.0 Å². The van der Waals surface area contributed by atoms with E-state index in [9.17, 15) is 19.2 Å². The second kappa shape index (κ2) is 15.8. The topological polar surface area (TPSA) is 129 Å². The lowest BCUT2D eigenvalue weighted by atomic mass is 9.85. The zero-order valence-corrected chi connectivity index (χ0v) is 27.5. The summed E-state index contributed by atoms with van der Waals surface area (Å²) in [6.45, 7) is 3.62. The van der Waals surface area contributed by atoms with E-state index in [1.54, 1.807) is 32.2 Å². The number of anilines is 1. The highest BCUT2D eigenvalue weighted by atomic mass is 16.2. The van der Waals surface area contributed by atoms with Gasteiger partial charge in [0.15, 0.2) is 0 Å². The van der Waals surface area contributed by atoms with E-state index in [0.29, 0.717) is 30.9 Å². The standard InChI is InChI=1S/C36H45N7O4/c1-4-32(44)39-29(36(47)43-22-21-41(2)31(24-43)26-11-7-5-8-12-26)23-25-15-17-28(18-16-25)38-35(46)33(27-13-9-6-10-14-27)40-34(45)30-19-20-37-42(30)3/h5,7-8,11-12,15-20,27,29,31H,4,6,9-10,13-14,21-24H2,1-3H3,(H,38,46)(H,39,44)/t29-,31?/m1/s1. The van der Waals surface area contributed by atoms with Crippen LogP contribution in [-0.4, -0.2) is 81.6 Å². The molecule has 1 aromatic heterocycles. The van der Waals surface area contributed by atoms with E-state index < -0.39 is 17.9 Å². The highest BCUT2D eigenvalue weighted by Gasteiger charge is 2.33. The fraction of sp³-hybridized carbons (Fsp3) is 0.444. The summed E-state index contributed by atoms with van der Waals surface area (Å²) in [7, 11) is 3.74. The van der Waals surface area contributed by atoms with E-state index in [4.69, 9.17) is 0 Å². The Kier molecular flexibility index (Phi) is 11.3. The molecule has 3 aromatic rings. The largest absolute Gasteiger partial charge is 0.344 e. The number of nitrogens with one attached hydrogen (secondary N) is 2. The third kappa shape index (κ3) is 8.59. The number of piperazine rings is 1. The summed E-state index contributed by atoms with van der Waals surface area (Å²) in [5.41, 5.74) is 3.12. The fourth-order valence-corrected chi connectivity index (χ4v) is 6.43. The van der Waals surface area contributed by atoms with Crippen LogP contribution in [0, 0.1) is 5.92 Å². The molecule has 0 bridgehead atoms. The number of hydrogen-bond donors (Lipinski definition) is 2. The van der Waals surface area contributed by atoms with Crippen LogP contribution in [0.4, 0.5) is 5.69 Å². The van der Waals surface area contributed by atoms with Gasteiger partial charge in [0.2, 0.25) is 11.8 Å². The van der Waals surface area contributed by atoms with Crippen LogP contribution < -0.4 is 10.6 Å². The van der Waals surface area contributed by atoms with Gasteiger partial charge in [0.1, 0.15) is 17.4 Å². The Bertz CT molecular complexity index is 1580. The number of carbonyl (C=O) groups excluding carboxylic acids is 4. The molecule has 1 saturated carbocycles. The van der Waals surface area contributed by atoms with Gasteiger partial charge in [-0.05, 0) is 49.2 Å². The molecule has 1 aliphatic carbocycles. The maximum absolute atomic E-state index is 13.9. The summed E-state index contributed by atoms with van der Waals surface area (Å²) in [6, 6.07) is 18.3. The van der Waals surface area contributed by atoms with E-state index in [1.807, 2.05) is 35.2 Å². The molecule has 5 rings (SSSR count). The van der Waals surface area contributed by atoms with Crippen molar-refractivity contribution in [2.24, 2.45) is 18.0 Å². The summed E-state index contributed by atoms with van der Waals surface area (Å²) >= 11 is 0. The van der Waals surface area contributed by atoms with Gasteiger partial charge in [-0.2, -0.15) is 5.10 Å². The molecule has 11 heteroatoms. The predicted molar refractivity (Wildman–Crippen MR) is 181 cm³/mol. The molecule has 2 aromatic carbocycles. The van der Waals surface area contributed by atoms with Gasteiger partial charge in [-0.3, -0.25) is 28.8 Å². The average molecular weight is 640 g/mol. The Labute approximate surface area is 276 Å². The second-order valence-corrected chi connectivity index (χ2v) is 12.5. The Morgan fingerprint density at radius 1 is 0.936 bits per heavy atom. The molecule has 4 amide bonds. The maximum Gasteiger partial charge on any atom is 0.295 e. The van der Waals surface area contributed by atoms with Crippen LogP contribution in [0.5, 0.6) is 0 Å². The number of likely N-dealkylation sites (N-methyl/N-ethyl adjacent to an activating group) is 1. The van der Waals surface area contributed by atoms with Gasteiger partial charge >= 0.3 is 0 Å². The van der Waals surface area contributed by atoms with Crippen molar-refractivity contribution in [2.75, 3.05) is 32.0 Å². The van der Waals surface area contributed by atoms with Gasteiger partial charge < -0.3 is 15.5 Å². The van der Waals surface area contributed by atoms with E-state index >= 15 is 0 Å². The molecule has 2 atom stereocenters. The number of aromatic nitrogens is 2. The molecule has 2 aliphatic rings. The van der Waals surface area contributed by atoms with Crippen molar-refractivity contribution >= 4 is 35.0 Å². The van der Waals surface area contributed by atoms with E-state index in [2.05, 4.69) is 44.8 Å². The van der Waals surface area contributed by atoms with Crippen molar-refractivity contribution in [3.05, 3.63) is 83.7 Å². The molecule has 0 radical (unpaired) electrons. The molecular formula is C36H45N7O4. The van der Waals surface area contributed by atoms with Gasteiger partial charge in [-0.15, -0.1) is 0 Å². The number of aryl methyl sites for hydroxylation is 1. The Balaban J connectivity index is 1.28. The SMILES string of the molecule is CCC(=O)N[C@H](Cc1ccc(NC(=O)C(=NC(=O)c2ccnn2C)C2CCCCC2)cc1)C(=O)N1CCN(C)C(c2ccccc2)C1. The van der Waals surface area contributed by atoms with Crippen LogP contribution in [0.1, 0.15) is 73.1 Å². The van der Waals surface area contributed by atoms with Crippen LogP contribution in [0.3, 0.4) is 0 Å². The number of aliphatic imine (C=N–C) groups is 1. The van der Waals surface area contributed by atoms with Crippen LogP contribution in [-0.2, 0) is 27.9 Å². The van der Waals surface area contributed by atoms with Crippen molar-refractivity contribution in [1.82, 2.24) is 24.9 Å². The lowest BCUT2D eigenvalue weighted by Gasteiger charge is -2.41. The fourth-order valence-electron chi connectivity index (χ4n) is 6.43. The number of carbonyl (C=O) groups is 4. The Morgan fingerprint density at radius 3 is 2.32 bits per heavy atom. The van der Waals surface area contributed by atoms with Crippen LogP contribution in [0.25, 0.3) is 0 Å². The summed E-state index contributed by atoms with van der Waals surface area (Å²) in [4.78, 5) is 61.3. The summed E-state index contributed by atoms with van der Waals surface area (Å²) < 4.78 is 1.45. The van der Waals surface area contributed by atoms with Crippen LogP contribution >= 0.6 is 0 Å². The summed E-state index contributed by atoms with van der Waals surface area (Å²) in [5.74, 6) is -1.27. The molecule has 248 valence electrons. The van der Waals surface area contributed by atoms with Crippen molar-refractivity contribution in [1.29, 1.82) is 0 Å². The molecule has 2 heterocycles. The van der Waals surface area contributed by atoms with Gasteiger partial charge in [0.05, 0.1) is 6.04 Å². The Hall–Kier alpha value is -4.64. The molecule has 2 N–H and O–H groups in total. The van der Waals surface area contributed by atoms with Gasteiger partial charge in [0.25, 0.3) is 11.8 Å². The summed E-state index contributed by atoms with van der Waals surface area (Å²) in [5, 5.41) is 9.93. The first-order chi connectivity index (χ1) is 22.7. The first-order valence-corrected chi connectivity index (χ1v) is 16.6. The molecule has 1 saturated heterocycles. The lowest BCUT2D eigenvalue weighted by molar-refractivity contribution is -0.138. The van der Waals surface area contributed by atoms with Gasteiger partial charge in [-0.1, -0.05) is 68.7 Å². The number of amides is 4. The second-order valence-electron chi connectivity index (χ2n) is 12.5. The van der Waals surface area contributed by atoms with Crippen LogP contribution in [0.2, 0.25) is 0 Å². The van der Waals surface area contributed by atoms with Crippen molar-refractivity contribution in [3.8, 4) is 0 Å². The smallest absolute Gasteiger partial charge is 0.295 e. The number of benzene rings is 2. The normalized spacial score (nSPS) is 18.4. The predicted octanol–water partition coefficient (Wildman–Crippen LogP) is 4.17. The highest BCUT2D eigenvalue weighted by Crippen LogP contribution is 2.27.